The highest BCUT2D eigenvalue weighted by Crippen LogP contribution is 2.21. The van der Waals surface area contributed by atoms with Gasteiger partial charge < -0.3 is 19.9 Å². The lowest BCUT2D eigenvalue weighted by Crippen LogP contribution is -2.70. The fourth-order valence-corrected chi connectivity index (χ4v) is 4.03. The molecule has 0 aliphatic carbocycles. The fourth-order valence-electron chi connectivity index (χ4n) is 4.03. The van der Waals surface area contributed by atoms with Crippen molar-refractivity contribution in [3.05, 3.63) is 65.0 Å². The lowest BCUT2D eigenvalue weighted by Gasteiger charge is -2.45. The van der Waals surface area contributed by atoms with Gasteiger partial charge in [0.25, 0.3) is 5.91 Å². The quantitative estimate of drug-likeness (QED) is 0.806. The van der Waals surface area contributed by atoms with E-state index in [1.54, 1.807) is 31.1 Å². The van der Waals surface area contributed by atoms with Gasteiger partial charge in [-0.2, -0.15) is 0 Å². The zero-order valence-electron chi connectivity index (χ0n) is 17.4. The maximum atomic E-state index is 13.9. The minimum absolute atomic E-state index is 0.0845. The lowest BCUT2D eigenvalue weighted by molar-refractivity contribution is -0.152. The van der Waals surface area contributed by atoms with Crippen molar-refractivity contribution in [2.45, 2.75) is 25.4 Å². The largest absolute Gasteiger partial charge is 0.497 e. The summed E-state index contributed by atoms with van der Waals surface area (Å²) in [4.78, 5) is 41.6. The average Bonchev–Trinajstić information content (AvgIpc) is 2.79. The molecule has 0 bridgehead atoms. The SMILES string of the molecule is COc1ccc(C[C@@H]2NC(=O)[C@H]3CN(C(=O)c4ccc(C)c(F)c4)CCN3C2=O)cc1. The molecule has 0 radical (unpaired) electrons. The molecule has 1 N–H and O–H groups in total. The number of halogens is 1. The van der Waals surface area contributed by atoms with E-state index in [1.807, 2.05) is 24.3 Å². The van der Waals surface area contributed by atoms with Gasteiger partial charge in [0, 0.05) is 25.1 Å². The van der Waals surface area contributed by atoms with Gasteiger partial charge in [0.15, 0.2) is 0 Å². The molecular formula is C23H24FN3O4. The number of nitrogens with zero attached hydrogens (tertiary/aromatic N) is 2. The summed E-state index contributed by atoms with van der Waals surface area (Å²) in [5.41, 5.74) is 1.60. The van der Waals surface area contributed by atoms with Crippen LogP contribution in [0, 0.1) is 12.7 Å². The minimum Gasteiger partial charge on any atom is -0.497 e. The molecule has 162 valence electrons. The van der Waals surface area contributed by atoms with E-state index < -0.39 is 17.9 Å². The molecule has 0 unspecified atom stereocenters. The van der Waals surface area contributed by atoms with E-state index in [9.17, 15) is 18.8 Å². The Morgan fingerprint density at radius 1 is 1.16 bits per heavy atom. The number of benzene rings is 2. The van der Waals surface area contributed by atoms with Crippen LogP contribution in [0.4, 0.5) is 4.39 Å². The molecule has 2 aliphatic heterocycles. The molecule has 2 heterocycles. The molecule has 3 amide bonds. The van der Waals surface area contributed by atoms with E-state index in [0.29, 0.717) is 18.5 Å². The smallest absolute Gasteiger partial charge is 0.254 e. The molecule has 2 aromatic rings. The number of carbonyl (C=O) groups excluding carboxylic acids is 3. The minimum atomic E-state index is -0.743. The van der Waals surface area contributed by atoms with Crippen molar-refractivity contribution in [2.24, 2.45) is 0 Å². The zero-order chi connectivity index (χ0) is 22.1. The van der Waals surface area contributed by atoms with Gasteiger partial charge in [-0.1, -0.05) is 18.2 Å². The predicted molar refractivity (Wildman–Crippen MR) is 111 cm³/mol. The number of methoxy groups -OCH3 is 1. The van der Waals surface area contributed by atoms with Gasteiger partial charge in [0.1, 0.15) is 23.7 Å². The Morgan fingerprint density at radius 3 is 2.58 bits per heavy atom. The van der Waals surface area contributed by atoms with Crippen molar-refractivity contribution >= 4 is 17.7 Å². The van der Waals surface area contributed by atoms with Crippen molar-refractivity contribution in [3.8, 4) is 5.75 Å². The Hall–Kier alpha value is -3.42. The van der Waals surface area contributed by atoms with E-state index in [1.165, 1.54) is 11.0 Å². The molecule has 31 heavy (non-hydrogen) atoms. The molecule has 4 rings (SSSR count). The van der Waals surface area contributed by atoms with E-state index in [0.717, 1.165) is 11.3 Å². The zero-order valence-corrected chi connectivity index (χ0v) is 17.4. The maximum Gasteiger partial charge on any atom is 0.254 e. The third kappa shape index (κ3) is 4.10. The molecule has 2 saturated heterocycles. The summed E-state index contributed by atoms with van der Waals surface area (Å²) in [6, 6.07) is 10.3. The van der Waals surface area contributed by atoms with Gasteiger partial charge in [-0.15, -0.1) is 0 Å². The van der Waals surface area contributed by atoms with Crippen LogP contribution in [0.3, 0.4) is 0 Å². The Morgan fingerprint density at radius 2 is 1.90 bits per heavy atom. The number of hydrogen-bond acceptors (Lipinski definition) is 4. The first-order chi connectivity index (χ1) is 14.9. The molecule has 7 nitrogen and oxygen atoms in total. The second kappa shape index (κ2) is 8.37. The molecular weight excluding hydrogens is 401 g/mol. The predicted octanol–water partition coefficient (Wildman–Crippen LogP) is 1.54. The highest BCUT2D eigenvalue weighted by Gasteiger charge is 2.44. The Bertz CT molecular complexity index is 1020. The Balaban J connectivity index is 1.44. The summed E-state index contributed by atoms with van der Waals surface area (Å²) < 4.78 is 19.0. The number of amides is 3. The van der Waals surface area contributed by atoms with Crippen LogP contribution < -0.4 is 10.1 Å². The van der Waals surface area contributed by atoms with Crippen LogP contribution in [0.5, 0.6) is 5.75 Å². The number of fused-ring (bicyclic) bond motifs is 1. The van der Waals surface area contributed by atoms with Crippen LogP contribution in [-0.4, -0.2) is 66.3 Å². The summed E-state index contributed by atoms with van der Waals surface area (Å²) in [5.74, 6) is -0.521. The third-order valence-corrected chi connectivity index (χ3v) is 5.89. The van der Waals surface area contributed by atoms with Crippen molar-refractivity contribution in [1.29, 1.82) is 0 Å². The van der Waals surface area contributed by atoms with Gasteiger partial charge in [0.2, 0.25) is 11.8 Å². The topological polar surface area (TPSA) is 79.0 Å². The van der Waals surface area contributed by atoms with Crippen molar-refractivity contribution in [3.63, 3.8) is 0 Å². The third-order valence-electron chi connectivity index (χ3n) is 5.89. The fraction of sp³-hybridized carbons (Fsp3) is 0.348. The van der Waals surface area contributed by atoms with Gasteiger partial charge in [-0.25, -0.2) is 4.39 Å². The number of piperazine rings is 2. The highest BCUT2D eigenvalue weighted by molar-refractivity contribution is 5.99. The van der Waals surface area contributed by atoms with E-state index in [2.05, 4.69) is 5.32 Å². The van der Waals surface area contributed by atoms with Crippen LogP contribution in [-0.2, 0) is 16.0 Å². The molecule has 2 aliphatic rings. The average molecular weight is 425 g/mol. The van der Waals surface area contributed by atoms with Crippen molar-refractivity contribution in [1.82, 2.24) is 15.1 Å². The van der Waals surface area contributed by atoms with Crippen LogP contribution in [0.25, 0.3) is 0 Å². The molecule has 0 aromatic heterocycles. The van der Waals surface area contributed by atoms with Gasteiger partial charge >= 0.3 is 0 Å². The summed E-state index contributed by atoms with van der Waals surface area (Å²) >= 11 is 0. The lowest BCUT2D eigenvalue weighted by atomic mass is 9.98. The van der Waals surface area contributed by atoms with Crippen molar-refractivity contribution in [2.75, 3.05) is 26.7 Å². The normalized spacial score (nSPS) is 20.9. The number of rotatable bonds is 4. The van der Waals surface area contributed by atoms with Crippen LogP contribution in [0.2, 0.25) is 0 Å². The molecule has 0 spiro atoms. The molecule has 8 heteroatoms. The standard InChI is InChI=1S/C23H24FN3O4/c1-14-3-6-16(12-18(14)24)22(29)26-9-10-27-20(13-26)21(28)25-19(23(27)30)11-15-4-7-17(31-2)8-5-15/h3-8,12,19-20H,9-11,13H2,1-2H3,(H,25,28)/t19-,20+/m0/s1. The number of ether oxygens (including phenoxy) is 1. The molecule has 2 aromatic carbocycles. The van der Waals surface area contributed by atoms with Crippen LogP contribution in [0.15, 0.2) is 42.5 Å². The molecule has 2 fully saturated rings. The first kappa shape index (κ1) is 20.8. The highest BCUT2D eigenvalue weighted by atomic mass is 19.1. The molecule has 0 saturated carbocycles. The van der Waals surface area contributed by atoms with Gasteiger partial charge in [-0.05, 0) is 42.3 Å². The van der Waals surface area contributed by atoms with E-state index >= 15 is 0 Å². The maximum absolute atomic E-state index is 13.9. The summed E-state index contributed by atoms with van der Waals surface area (Å²) in [6.07, 6.45) is 0.378. The molecule has 2 atom stereocenters. The summed E-state index contributed by atoms with van der Waals surface area (Å²) in [6.45, 7) is 2.26. The number of nitrogens with one attached hydrogen (secondary N) is 1. The Kier molecular flexibility index (Phi) is 5.63. The van der Waals surface area contributed by atoms with Crippen LogP contribution in [0.1, 0.15) is 21.5 Å². The van der Waals surface area contributed by atoms with Gasteiger partial charge in [-0.3, -0.25) is 14.4 Å². The van der Waals surface area contributed by atoms with E-state index in [-0.39, 0.29) is 36.4 Å². The summed E-state index contributed by atoms with van der Waals surface area (Å²) in [5, 5.41) is 2.80. The monoisotopic (exact) mass is 425 g/mol. The first-order valence-corrected chi connectivity index (χ1v) is 10.2. The second-order valence-corrected chi connectivity index (χ2v) is 7.88. The number of aryl methyl sites for hydroxylation is 1. The second-order valence-electron chi connectivity index (χ2n) is 7.88. The number of carbonyl (C=O) groups is 3. The first-order valence-electron chi connectivity index (χ1n) is 10.2. The van der Waals surface area contributed by atoms with Crippen LogP contribution >= 0.6 is 0 Å². The Labute approximate surface area is 179 Å². The van der Waals surface area contributed by atoms with Crippen molar-refractivity contribution < 1.29 is 23.5 Å². The summed E-state index contributed by atoms with van der Waals surface area (Å²) in [7, 11) is 1.58. The van der Waals surface area contributed by atoms with Gasteiger partial charge in [0.05, 0.1) is 13.7 Å². The van der Waals surface area contributed by atoms with E-state index in [4.69, 9.17) is 4.74 Å². The number of hydrogen-bond donors (Lipinski definition) is 1.